The Labute approximate surface area is 200 Å². The smallest absolute Gasteiger partial charge is 0.319 e. The van der Waals surface area contributed by atoms with Gasteiger partial charge >= 0.3 is 6.03 Å². The van der Waals surface area contributed by atoms with Crippen LogP contribution < -0.4 is 10.6 Å². The quantitative estimate of drug-likeness (QED) is 0.277. The van der Waals surface area contributed by atoms with Gasteiger partial charge in [0.15, 0.2) is 0 Å². The molecule has 0 fully saturated rings. The van der Waals surface area contributed by atoms with Gasteiger partial charge in [-0.2, -0.15) is 0 Å². The van der Waals surface area contributed by atoms with E-state index in [2.05, 4.69) is 27.5 Å². The molecule has 4 rings (SSSR count). The fourth-order valence-electron chi connectivity index (χ4n) is 3.78. The first-order valence-electron chi connectivity index (χ1n) is 11.9. The van der Waals surface area contributed by atoms with Crippen molar-refractivity contribution in [2.24, 2.45) is 0 Å². The Hall–Kier alpha value is -3.87. The van der Waals surface area contributed by atoms with Gasteiger partial charge in [0, 0.05) is 24.6 Å². The van der Waals surface area contributed by atoms with E-state index in [1.165, 1.54) is 25.7 Å². The number of pyridine rings is 2. The zero-order chi connectivity index (χ0) is 23.6. The lowest BCUT2D eigenvalue weighted by molar-refractivity contribution is 0.252. The van der Waals surface area contributed by atoms with Gasteiger partial charge in [0.2, 0.25) is 0 Å². The highest BCUT2D eigenvalue weighted by atomic mass is 16.2. The lowest BCUT2D eigenvalue weighted by atomic mass is 10.1. The molecular formula is C27H30N6O. The molecule has 0 spiro atoms. The third kappa shape index (κ3) is 6.13. The fraction of sp³-hybridized carbons (Fsp3) is 0.296. The SMILES string of the molecule is CCCCCCCCNC(=O)Nc1ccc2nc(-c3ccccn3)c(-c3ccccn3)nc2c1. The molecule has 3 aromatic heterocycles. The number of nitrogens with one attached hydrogen (secondary N) is 2. The summed E-state index contributed by atoms with van der Waals surface area (Å²) in [4.78, 5) is 31.0. The number of hydrogen-bond acceptors (Lipinski definition) is 5. The van der Waals surface area contributed by atoms with E-state index in [1.807, 2.05) is 54.6 Å². The van der Waals surface area contributed by atoms with Gasteiger partial charge in [-0.05, 0) is 48.9 Å². The van der Waals surface area contributed by atoms with Crippen molar-refractivity contribution >= 4 is 22.8 Å². The zero-order valence-corrected chi connectivity index (χ0v) is 19.5. The third-order valence-corrected chi connectivity index (χ3v) is 5.55. The summed E-state index contributed by atoms with van der Waals surface area (Å²) in [5.41, 5.74) is 4.83. The Kier molecular flexibility index (Phi) is 8.11. The molecule has 7 heteroatoms. The predicted octanol–water partition coefficient (Wildman–Crippen LogP) is 6.24. The second-order valence-corrected chi connectivity index (χ2v) is 8.20. The summed E-state index contributed by atoms with van der Waals surface area (Å²) in [7, 11) is 0. The Bertz CT molecular complexity index is 1210. The van der Waals surface area contributed by atoms with E-state index in [1.54, 1.807) is 12.4 Å². The van der Waals surface area contributed by atoms with Gasteiger partial charge < -0.3 is 10.6 Å². The molecule has 7 nitrogen and oxygen atoms in total. The van der Waals surface area contributed by atoms with E-state index in [0.29, 0.717) is 34.8 Å². The summed E-state index contributed by atoms with van der Waals surface area (Å²) in [6, 6.07) is 16.7. The number of aromatic nitrogens is 4. The molecule has 0 aliphatic rings. The van der Waals surface area contributed by atoms with Gasteiger partial charge in [-0.15, -0.1) is 0 Å². The first kappa shape index (κ1) is 23.3. The van der Waals surface area contributed by atoms with Crippen molar-refractivity contribution in [2.75, 3.05) is 11.9 Å². The average Bonchev–Trinajstić information content (AvgIpc) is 2.88. The minimum atomic E-state index is -0.212. The molecular weight excluding hydrogens is 424 g/mol. The number of nitrogens with zero attached hydrogens (tertiary/aromatic N) is 4. The van der Waals surface area contributed by atoms with Gasteiger partial charge in [0.05, 0.1) is 22.4 Å². The van der Waals surface area contributed by atoms with Crippen molar-refractivity contribution in [3.8, 4) is 22.8 Å². The van der Waals surface area contributed by atoms with Crippen molar-refractivity contribution in [2.45, 2.75) is 45.4 Å². The molecule has 2 N–H and O–H groups in total. The molecule has 0 saturated carbocycles. The van der Waals surface area contributed by atoms with Crippen LogP contribution in [0.25, 0.3) is 33.8 Å². The van der Waals surface area contributed by atoms with Crippen LogP contribution in [-0.2, 0) is 0 Å². The third-order valence-electron chi connectivity index (χ3n) is 5.55. The lowest BCUT2D eigenvalue weighted by Gasteiger charge is -2.11. The summed E-state index contributed by atoms with van der Waals surface area (Å²) >= 11 is 0. The number of hydrogen-bond donors (Lipinski definition) is 2. The maximum Gasteiger partial charge on any atom is 0.319 e. The van der Waals surface area contributed by atoms with Crippen LogP contribution in [0.5, 0.6) is 0 Å². The van der Waals surface area contributed by atoms with Gasteiger partial charge in [0.25, 0.3) is 0 Å². The van der Waals surface area contributed by atoms with Crippen LogP contribution in [0.15, 0.2) is 67.0 Å². The van der Waals surface area contributed by atoms with Crippen molar-refractivity contribution in [3.05, 3.63) is 67.0 Å². The maximum atomic E-state index is 12.3. The molecule has 0 aliphatic carbocycles. The van der Waals surface area contributed by atoms with E-state index in [9.17, 15) is 4.79 Å². The van der Waals surface area contributed by atoms with Crippen LogP contribution >= 0.6 is 0 Å². The minimum absolute atomic E-state index is 0.212. The number of fused-ring (bicyclic) bond motifs is 1. The lowest BCUT2D eigenvalue weighted by Crippen LogP contribution is -2.29. The Morgan fingerprint density at radius 2 is 1.41 bits per heavy atom. The van der Waals surface area contributed by atoms with Gasteiger partial charge in [-0.25, -0.2) is 14.8 Å². The Balaban J connectivity index is 1.50. The highest BCUT2D eigenvalue weighted by Crippen LogP contribution is 2.29. The summed E-state index contributed by atoms with van der Waals surface area (Å²) < 4.78 is 0. The topological polar surface area (TPSA) is 92.7 Å². The van der Waals surface area contributed by atoms with E-state index in [0.717, 1.165) is 24.1 Å². The standard InChI is InChI=1S/C27H30N6O/c1-2-3-4-5-6-9-18-30-27(34)31-20-14-15-21-24(19-20)33-26(23-13-8-11-17-29-23)25(32-21)22-12-7-10-16-28-22/h7-8,10-17,19H,2-6,9,18H2,1H3,(H2,30,31,34). The van der Waals surface area contributed by atoms with Crippen LogP contribution in [0.1, 0.15) is 45.4 Å². The fourth-order valence-corrected chi connectivity index (χ4v) is 3.78. The number of carbonyl (C=O) groups excluding carboxylic acids is 1. The van der Waals surface area contributed by atoms with Crippen LogP contribution in [0.3, 0.4) is 0 Å². The van der Waals surface area contributed by atoms with Crippen molar-refractivity contribution in [3.63, 3.8) is 0 Å². The highest BCUT2D eigenvalue weighted by Gasteiger charge is 2.15. The van der Waals surface area contributed by atoms with E-state index in [-0.39, 0.29) is 6.03 Å². The highest BCUT2D eigenvalue weighted by molar-refractivity contribution is 5.93. The Morgan fingerprint density at radius 3 is 2.06 bits per heavy atom. The van der Waals surface area contributed by atoms with Crippen molar-refractivity contribution in [1.29, 1.82) is 0 Å². The normalized spacial score (nSPS) is 10.9. The average molecular weight is 455 g/mol. The van der Waals surface area contributed by atoms with Gasteiger partial charge in [-0.3, -0.25) is 9.97 Å². The molecule has 0 radical (unpaired) electrons. The number of benzene rings is 1. The molecule has 2 amide bonds. The molecule has 0 bridgehead atoms. The van der Waals surface area contributed by atoms with Crippen LogP contribution in [-0.4, -0.2) is 32.5 Å². The molecule has 174 valence electrons. The van der Waals surface area contributed by atoms with Crippen molar-refractivity contribution in [1.82, 2.24) is 25.3 Å². The van der Waals surface area contributed by atoms with E-state index < -0.39 is 0 Å². The second-order valence-electron chi connectivity index (χ2n) is 8.20. The minimum Gasteiger partial charge on any atom is -0.338 e. The maximum absolute atomic E-state index is 12.3. The molecule has 4 aromatic rings. The number of carbonyl (C=O) groups is 1. The zero-order valence-electron chi connectivity index (χ0n) is 19.5. The first-order valence-corrected chi connectivity index (χ1v) is 11.9. The summed E-state index contributed by atoms with van der Waals surface area (Å²) in [6.07, 6.45) is 10.6. The first-order chi connectivity index (χ1) is 16.7. The van der Waals surface area contributed by atoms with E-state index in [4.69, 9.17) is 9.97 Å². The summed E-state index contributed by atoms with van der Waals surface area (Å²) in [6.45, 7) is 2.88. The molecule has 34 heavy (non-hydrogen) atoms. The number of anilines is 1. The molecule has 0 aliphatic heterocycles. The molecule has 1 aromatic carbocycles. The predicted molar refractivity (Wildman–Crippen MR) is 136 cm³/mol. The number of urea groups is 1. The number of amides is 2. The number of unbranched alkanes of at least 4 members (excludes halogenated alkanes) is 5. The van der Waals surface area contributed by atoms with Crippen LogP contribution in [0.2, 0.25) is 0 Å². The number of rotatable bonds is 10. The summed E-state index contributed by atoms with van der Waals surface area (Å²) in [5.74, 6) is 0. The molecule has 0 unspecified atom stereocenters. The molecule has 3 heterocycles. The van der Waals surface area contributed by atoms with E-state index >= 15 is 0 Å². The second kappa shape index (κ2) is 11.8. The van der Waals surface area contributed by atoms with Gasteiger partial charge in [0.1, 0.15) is 11.4 Å². The largest absolute Gasteiger partial charge is 0.338 e. The molecule has 0 saturated heterocycles. The monoisotopic (exact) mass is 454 g/mol. The Morgan fingerprint density at radius 1 is 0.765 bits per heavy atom. The molecule has 0 atom stereocenters. The van der Waals surface area contributed by atoms with Crippen LogP contribution in [0, 0.1) is 0 Å². The van der Waals surface area contributed by atoms with Crippen molar-refractivity contribution < 1.29 is 4.79 Å². The summed E-state index contributed by atoms with van der Waals surface area (Å²) in [5, 5.41) is 5.84. The van der Waals surface area contributed by atoms with Gasteiger partial charge in [-0.1, -0.05) is 51.2 Å². The van der Waals surface area contributed by atoms with Crippen LogP contribution in [0.4, 0.5) is 10.5 Å².